The lowest BCUT2D eigenvalue weighted by atomic mass is 9.73. The van der Waals surface area contributed by atoms with Crippen LogP contribution < -0.4 is 4.90 Å². The molecule has 0 N–H and O–H groups in total. The number of hydrogen-bond donors (Lipinski definition) is 0. The molecule has 3 heteroatoms. The number of anilines is 3. The van der Waals surface area contributed by atoms with E-state index in [0.29, 0.717) is 0 Å². The molecular weight excluding hydrogens is 450 g/mol. The van der Waals surface area contributed by atoms with Crippen molar-refractivity contribution >= 4 is 55.4 Å². The number of aromatic nitrogens is 2. The fourth-order valence-corrected chi connectivity index (χ4v) is 6.36. The maximum absolute atomic E-state index is 5.17. The van der Waals surface area contributed by atoms with Crippen molar-refractivity contribution in [3.8, 4) is 0 Å². The SMILES string of the molecule is CC1(C)c2ccccc2N(c2ccccc2)c2cc3c(cc21)c1ccccc1n1c2ccccc2nc31. The van der Waals surface area contributed by atoms with Crippen LogP contribution in [0.15, 0.2) is 115 Å². The van der Waals surface area contributed by atoms with Crippen LogP contribution in [0.25, 0.3) is 38.4 Å². The summed E-state index contributed by atoms with van der Waals surface area (Å²) in [6, 6.07) is 41.5. The molecular formula is C34H25N3. The molecule has 8 rings (SSSR count). The van der Waals surface area contributed by atoms with Crippen LogP contribution in [-0.2, 0) is 5.41 Å². The summed E-state index contributed by atoms with van der Waals surface area (Å²) in [5.74, 6) is 0. The van der Waals surface area contributed by atoms with Crippen molar-refractivity contribution < 1.29 is 0 Å². The zero-order valence-electron chi connectivity index (χ0n) is 20.8. The zero-order valence-corrected chi connectivity index (χ0v) is 20.8. The van der Waals surface area contributed by atoms with Gasteiger partial charge in [-0.3, -0.25) is 4.40 Å². The Kier molecular flexibility index (Phi) is 4.00. The number of fused-ring (bicyclic) bond motifs is 10. The van der Waals surface area contributed by atoms with Gasteiger partial charge in [0.15, 0.2) is 0 Å². The predicted molar refractivity (Wildman–Crippen MR) is 155 cm³/mol. The second kappa shape index (κ2) is 7.21. The van der Waals surface area contributed by atoms with Crippen LogP contribution in [0.5, 0.6) is 0 Å². The average Bonchev–Trinajstić information content (AvgIpc) is 3.34. The quantitative estimate of drug-likeness (QED) is 0.221. The maximum Gasteiger partial charge on any atom is 0.146 e. The Morgan fingerprint density at radius 3 is 2.14 bits per heavy atom. The van der Waals surface area contributed by atoms with Gasteiger partial charge < -0.3 is 4.90 Å². The normalized spacial score (nSPS) is 14.4. The third-order valence-corrected chi connectivity index (χ3v) is 8.12. The van der Waals surface area contributed by atoms with Crippen molar-refractivity contribution in [1.82, 2.24) is 9.38 Å². The number of imidazole rings is 1. The van der Waals surface area contributed by atoms with Gasteiger partial charge in [0.05, 0.1) is 27.9 Å². The summed E-state index contributed by atoms with van der Waals surface area (Å²) >= 11 is 0. The number of benzene rings is 5. The summed E-state index contributed by atoms with van der Waals surface area (Å²) in [6.45, 7) is 4.70. The van der Waals surface area contributed by atoms with Gasteiger partial charge in [-0.2, -0.15) is 0 Å². The van der Waals surface area contributed by atoms with E-state index in [1.54, 1.807) is 0 Å². The number of rotatable bonds is 1. The Balaban J connectivity index is 1.58. The van der Waals surface area contributed by atoms with Crippen LogP contribution >= 0.6 is 0 Å². The van der Waals surface area contributed by atoms with E-state index in [1.807, 2.05) is 0 Å². The summed E-state index contributed by atoms with van der Waals surface area (Å²) in [6.07, 6.45) is 0. The van der Waals surface area contributed by atoms with Gasteiger partial charge in [0, 0.05) is 21.9 Å². The topological polar surface area (TPSA) is 20.5 Å². The largest absolute Gasteiger partial charge is 0.310 e. The van der Waals surface area contributed by atoms with Crippen molar-refractivity contribution in [2.75, 3.05) is 4.90 Å². The van der Waals surface area contributed by atoms with Gasteiger partial charge in [-0.05, 0) is 65.0 Å². The highest BCUT2D eigenvalue weighted by atomic mass is 15.2. The molecule has 3 heterocycles. The van der Waals surface area contributed by atoms with Crippen LogP contribution in [-0.4, -0.2) is 9.38 Å². The maximum atomic E-state index is 5.17. The molecule has 0 aliphatic carbocycles. The van der Waals surface area contributed by atoms with Crippen LogP contribution in [0.4, 0.5) is 17.1 Å². The van der Waals surface area contributed by atoms with E-state index >= 15 is 0 Å². The van der Waals surface area contributed by atoms with Crippen molar-refractivity contribution in [3.05, 3.63) is 126 Å². The van der Waals surface area contributed by atoms with Crippen LogP contribution in [0.2, 0.25) is 0 Å². The van der Waals surface area contributed by atoms with Gasteiger partial charge >= 0.3 is 0 Å². The number of pyridine rings is 1. The monoisotopic (exact) mass is 475 g/mol. The van der Waals surface area contributed by atoms with E-state index in [9.17, 15) is 0 Å². The second-order valence-electron chi connectivity index (χ2n) is 10.5. The first-order chi connectivity index (χ1) is 18.1. The van der Waals surface area contributed by atoms with Gasteiger partial charge in [-0.1, -0.05) is 80.6 Å². The molecule has 5 aromatic carbocycles. The number of nitrogens with zero attached hydrogens (tertiary/aromatic N) is 3. The Bertz CT molecular complexity index is 2010. The second-order valence-corrected chi connectivity index (χ2v) is 10.5. The summed E-state index contributed by atoms with van der Waals surface area (Å²) in [4.78, 5) is 7.59. The summed E-state index contributed by atoms with van der Waals surface area (Å²) in [7, 11) is 0. The van der Waals surface area contributed by atoms with Crippen LogP contribution in [0, 0.1) is 0 Å². The molecule has 0 saturated heterocycles. The minimum Gasteiger partial charge on any atom is -0.310 e. The lowest BCUT2D eigenvalue weighted by molar-refractivity contribution is 0.633. The average molecular weight is 476 g/mol. The van der Waals surface area contributed by atoms with Gasteiger partial charge in [0.25, 0.3) is 0 Å². The Morgan fingerprint density at radius 1 is 0.568 bits per heavy atom. The van der Waals surface area contributed by atoms with E-state index in [-0.39, 0.29) is 5.41 Å². The molecule has 3 nitrogen and oxygen atoms in total. The Hall–Kier alpha value is -4.63. The Morgan fingerprint density at radius 2 is 1.27 bits per heavy atom. The zero-order chi connectivity index (χ0) is 24.7. The van der Waals surface area contributed by atoms with E-state index in [0.717, 1.165) is 22.4 Å². The van der Waals surface area contributed by atoms with Crippen molar-refractivity contribution in [1.29, 1.82) is 0 Å². The van der Waals surface area contributed by atoms with Crippen molar-refractivity contribution in [3.63, 3.8) is 0 Å². The lowest BCUT2D eigenvalue weighted by Gasteiger charge is -2.42. The van der Waals surface area contributed by atoms with E-state index < -0.39 is 0 Å². The summed E-state index contributed by atoms with van der Waals surface area (Å²) in [5, 5.41) is 3.67. The third kappa shape index (κ3) is 2.69. The molecule has 0 radical (unpaired) electrons. The highest BCUT2D eigenvalue weighted by molar-refractivity contribution is 6.15. The molecule has 7 aromatic rings. The van der Waals surface area contributed by atoms with Crippen LogP contribution in [0.1, 0.15) is 25.0 Å². The summed E-state index contributed by atoms with van der Waals surface area (Å²) in [5.41, 5.74) is 10.5. The highest BCUT2D eigenvalue weighted by Gasteiger charge is 2.37. The predicted octanol–water partition coefficient (Wildman–Crippen LogP) is 8.90. The fourth-order valence-electron chi connectivity index (χ4n) is 6.36. The van der Waals surface area contributed by atoms with E-state index in [2.05, 4.69) is 138 Å². The number of para-hydroxylation sites is 5. The standard InChI is InChI=1S/C34H25N3/c1-34(2)26-15-7-10-18-30(26)36(22-12-4-3-5-13-22)32-21-25-24(20-27(32)34)23-14-6-9-17-29(23)37-31-19-11-8-16-28(31)35-33(25)37/h3-21H,1-2H3. The first-order valence-corrected chi connectivity index (χ1v) is 12.8. The first-order valence-electron chi connectivity index (χ1n) is 12.8. The highest BCUT2D eigenvalue weighted by Crippen LogP contribution is 2.53. The molecule has 0 saturated carbocycles. The lowest BCUT2D eigenvalue weighted by Crippen LogP contribution is -2.30. The van der Waals surface area contributed by atoms with Crippen LogP contribution in [0.3, 0.4) is 0 Å². The molecule has 0 spiro atoms. The minimum absolute atomic E-state index is 0.154. The molecule has 0 amide bonds. The van der Waals surface area contributed by atoms with Crippen molar-refractivity contribution in [2.45, 2.75) is 19.3 Å². The molecule has 0 atom stereocenters. The van der Waals surface area contributed by atoms with E-state index in [1.165, 1.54) is 44.2 Å². The molecule has 37 heavy (non-hydrogen) atoms. The molecule has 0 unspecified atom stereocenters. The molecule has 0 fully saturated rings. The van der Waals surface area contributed by atoms with E-state index in [4.69, 9.17) is 4.98 Å². The minimum atomic E-state index is -0.154. The third-order valence-electron chi connectivity index (χ3n) is 8.12. The molecule has 1 aliphatic heterocycles. The molecule has 1 aliphatic rings. The van der Waals surface area contributed by atoms with Gasteiger partial charge in [0.1, 0.15) is 5.65 Å². The summed E-state index contributed by atoms with van der Waals surface area (Å²) < 4.78 is 2.33. The van der Waals surface area contributed by atoms with Gasteiger partial charge in [-0.15, -0.1) is 0 Å². The van der Waals surface area contributed by atoms with Gasteiger partial charge in [-0.25, -0.2) is 4.98 Å². The molecule has 2 aromatic heterocycles. The number of hydrogen-bond acceptors (Lipinski definition) is 2. The molecule has 176 valence electrons. The van der Waals surface area contributed by atoms with Crippen molar-refractivity contribution in [2.24, 2.45) is 0 Å². The first kappa shape index (κ1) is 20.6. The smallest absolute Gasteiger partial charge is 0.146 e. The molecule has 0 bridgehead atoms. The Labute approximate surface area is 215 Å². The van der Waals surface area contributed by atoms with Gasteiger partial charge in [0.2, 0.25) is 0 Å². The fraction of sp³-hybridized carbons (Fsp3) is 0.0882.